The number of piperidine rings is 1. The summed E-state index contributed by atoms with van der Waals surface area (Å²) in [6.07, 6.45) is 3.81. The zero-order chi connectivity index (χ0) is 24.1. The quantitative estimate of drug-likeness (QED) is 0.620. The van der Waals surface area contributed by atoms with E-state index in [0.717, 1.165) is 48.3 Å². The molecule has 4 rings (SSSR count). The molecule has 33 heavy (non-hydrogen) atoms. The van der Waals surface area contributed by atoms with Gasteiger partial charge in [-0.1, -0.05) is 19.9 Å². The fourth-order valence-electron chi connectivity index (χ4n) is 5.15. The van der Waals surface area contributed by atoms with Crippen LogP contribution in [0.1, 0.15) is 69.1 Å². The first kappa shape index (κ1) is 23.3. The van der Waals surface area contributed by atoms with Gasteiger partial charge in [0.05, 0.1) is 11.2 Å². The van der Waals surface area contributed by atoms with Crippen LogP contribution in [0.15, 0.2) is 35.3 Å². The number of pyridine rings is 1. The summed E-state index contributed by atoms with van der Waals surface area (Å²) in [6, 6.07) is 8.70. The van der Waals surface area contributed by atoms with E-state index in [-0.39, 0.29) is 11.5 Å². The van der Waals surface area contributed by atoms with Gasteiger partial charge in [0.1, 0.15) is 0 Å². The summed E-state index contributed by atoms with van der Waals surface area (Å²) in [6.45, 7) is 11.3. The number of nitrogens with zero attached hydrogens (tertiary/aromatic N) is 2. The molecule has 176 valence electrons. The molecule has 6 heteroatoms. The first-order valence-electron chi connectivity index (χ1n) is 11.9. The molecule has 3 aromatic rings. The molecule has 0 aliphatic carbocycles. The Hall–Kier alpha value is -2.86. The lowest BCUT2D eigenvalue weighted by Gasteiger charge is -2.35. The van der Waals surface area contributed by atoms with Crippen LogP contribution in [-0.2, 0) is 11.8 Å². The SMILES string of the molecule is Cc1cc(-c2[nH]c3ccc(C4CCN(C(=O)C(C)(C)N)CC4)cc3c2C(C)C)cn(C)c1=O. The number of likely N-dealkylation sites (tertiary alicyclic amines) is 1. The lowest BCUT2D eigenvalue weighted by molar-refractivity contribution is -0.136. The highest BCUT2D eigenvalue weighted by atomic mass is 16.2. The fourth-order valence-corrected chi connectivity index (χ4v) is 5.15. The van der Waals surface area contributed by atoms with Crippen molar-refractivity contribution in [2.75, 3.05) is 13.1 Å². The molecule has 0 radical (unpaired) electrons. The van der Waals surface area contributed by atoms with Crippen molar-refractivity contribution in [2.45, 2.75) is 64.8 Å². The molecule has 1 fully saturated rings. The monoisotopic (exact) mass is 448 g/mol. The van der Waals surface area contributed by atoms with Gasteiger partial charge in [-0.25, -0.2) is 0 Å². The Morgan fingerprint density at radius 2 is 1.85 bits per heavy atom. The van der Waals surface area contributed by atoms with Crippen molar-refractivity contribution in [1.29, 1.82) is 0 Å². The molecular weight excluding hydrogens is 412 g/mol. The van der Waals surface area contributed by atoms with Crippen LogP contribution in [0.3, 0.4) is 0 Å². The highest BCUT2D eigenvalue weighted by Gasteiger charge is 2.31. The van der Waals surface area contributed by atoms with Crippen LogP contribution in [0.4, 0.5) is 0 Å². The molecule has 1 saturated heterocycles. The third-order valence-electron chi connectivity index (χ3n) is 6.90. The van der Waals surface area contributed by atoms with Crippen molar-refractivity contribution in [3.05, 3.63) is 57.5 Å². The predicted molar refractivity (Wildman–Crippen MR) is 135 cm³/mol. The molecule has 1 aliphatic rings. The number of hydrogen-bond acceptors (Lipinski definition) is 3. The molecule has 0 unspecified atom stereocenters. The normalized spacial score (nSPS) is 15.6. The number of fused-ring (bicyclic) bond motifs is 1. The summed E-state index contributed by atoms with van der Waals surface area (Å²) < 4.78 is 1.66. The summed E-state index contributed by atoms with van der Waals surface area (Å²) >= 11 is 0. The standard InChI is InChI=1S/C27H36N4O2/c1-16(2)23-21-14-19(18-9-11-31(12-10-18)26(33)27(4,5)28)7-8-22(21)29-24(23)20-13-17(3)25(32)30(6)15-20/h7-8,13-16,18,29H,9-12,28H2,1-6H3. The maximum absolute atomic E-state index is 12.5. The Morgan fingerprint density at radius 3 is 2.42 bits per heavy atom. The molecule has 2 aromatic heterocycles. The van der Waals surface area contributed by atoms with E-state index >= 15 is 0 Å². The lowest BCUT2D eigenvalue weighted by atomic mass is 9.87. The van der Waals surface area contributed by atoms with Crippen LogP contribution in [0.5, 0.6) is 0 Å². The van der Waals surface area contributed by atoms with E-state index in [1.807, 2.05) is 24.1 Å². The molecular formula is C27H36N4O2. The van der Waals surface area contributed by atoms with Crippen molar-refractivity contribution in [3.63, 3.8) is 0 Å². The molecule has 3 heterocycles. The van der Waals surface area contributed by atoms with Crippen LogP contribution < -0.4 is 11.3 Å². The number of amides is 1. The molecule has 0 bridgehead atoms. The summed E-state index contributed by atoms with van der Waals surface area (Å²) in [5.74, 6) is 0.784. The van der Waals surface area contributed by atoms with Crippen LogP contribution in [-0.4, -0.2) is 39.0 Å². The third kappa shape index (κ3) is 4.36. The van der Waals surface area contributed by atoms with Crippen molar-refractivity contribution in [1.82, 2.24) is 14.5 Å². The second-order valence-electron chi connectivity index (χ2n) is 10.5. The van der Waals surface area contributed by atoms with Gasteiger partial charge in [0, 0.05) is 48.4 Å². The van der Waals surface area contributed by atoms with E-state index in [0.29, 0.717) is 11.8 Å². The number of aromatic nitrogens is 2. The van der Waals surface area contributed by atoms with E-state index in [1.54, 1.807) is 25.5 Å². The molecule has 6 nitrogen and oxygen atoms in total. The molecule has 0 spiro atoms. The lowest BCUT2D eigenvalue weighted by Crippen LogP contribution is -2.53. The number of aryl methyl sites for hydroxylation is 2. The number of aromatic amines is 1. The number of H-pyrrole nitrogens is 1. The van der Waals surface area contributed by atoms with Crippen LogP contribution in [0.25, 0.3) is 22.2 Å². The van der Waals surface area contributed by atoms with E-state index in [9.17, 15) is 9.59 Å². The predicted octanol–water partition coefficient (Wildman–Crippen LogP) is 4.41. The molecule has 0 atom stereocenters. The number of hydrogen-bond donors (Lipinski definition) is 2. The van der Waals surface area contributed by atoms with E-state index in [4.69, 9.17) is 5.73 Å². The topological polar surface area (TPSA) is 84.1 Å². The number of carbonyl (C=O) groups is 1. The fraction of sp³-hybridized carbons (Fsp3) is 0.481. The maximum Gasteiger partial charge on any atom is 0.253 e. The van der Waals surface area contributed by atoms with Crippen molar-refractivity contribution >= 4 is 16.8 Å². The first-order chi connectivity index (χ1) is 15.5. The van der Waals surface area contributed by atoms with Gasteiger partial charge in [0.25, 0.3) is 5.56 Å². The second kappa shape index (κ2) is 8.49. The summed E-state index contributed by atoms with van der Waals surface area (Å²) in [5, 5.41) is 1.24. The minimum absolute atomic E-state index is 0.0290. The summed E-state index contributed by atoms with van der Waals surface area (Å²) in [5.41, 5.74) is 11.8. The molecule has 3 N–H and O–H groups in total. The van der Waals surface area contributed by atoms with E-state index in [1.165, 1.54) is 16.5 Å². The Balaban J connectivity index is 1.68. The van der Waals surface area contributed by atoms with Crippen LogP contribution in [0, 0.1) is 6.92 Å². The average molecular weight is 449 g/mol. The van der Waals surface area contributed by atoms with Crippen LogP contribution in [0.2, 0.25) is 0 Å². The molecule has 1 amide bonds. The summed E-state index contributed by atoms with van der Waals surface area (Å²) in [7, 11) is 1.80. The van der Waals surface area contributed by atoms with Gasteiger partial charge in [-0.15, -0.1) is 0 Å². The van der Waals surface area contributed by atoms with Crippen molar-refractivity contribution in [2.24, 2.45) is 12.8 Å². The Morgan fingerprint density at radius 1 is 1.18 bits per heavy atom. The van der Waals surface area contributed by atoms with Crippen LogP contribution >= 0.6 is 0 Å². The molecule has 1 aliphatic heterocycles. The Labute approximate surface area is 195 Å². The van der Waals surface area contributed by atoms with Gasteiger partial charge in [-0.3, -0.25) is 9.59 Å². The zero-order valence-corrected chi connectivity index (χ0v) is 20.7. The van der Waals surface area contributed by atoms with Gasteiger partial charge in [-0.2, -0.15) is 0 Å². The molecule has 1 aromatic carbocycles. The van der Waals surface area contributed by atoms with Gasteiger partial charge in [0.2, 0.25) is 5.91 Å². The maximum atomic E-state index is 12.5. The number of rotatable bonds is 4. The van der Waals surface area contributed by atoms with Gasteiger partial charge >= 0.3 is 0 Å². The number of nitrogens with two attached hydrogens (primary N) is 1. The van der Waals surface area contributed by atoms with Gasteiger partial charge in [0.15, 0.2) is 0 Å². The first-order valence-corrected chi connectivity index (χ1v) is 11.9. The molecule has 0 saturated carbocycles. The Bertz CT molecular complexity index is 1230. The minimum Gasteiger partial charge on any atom is -0.354 e. The number of carbonyl (C=O) groups excluding carboxylic acids is 1. The van der Waals surface area contributed by atoms with Gasteiger partial charge in [-0.05, 0) is 74.8 Å². The second-order valence-corrected chi connectivity index (χ2v) is 10.5. The van der Waals surface area contributed by atoms with Gasteiger partial charge < -0.3 is 20.2 Å². The smallest absolute Gasteiger partial charge is 0.253 e. The third-order valence-corrected chi connectivity index (χ3v) is 6.90. The highest BCUT2D eigenvalue weighted by Crippen LogP contribution is 2.38. The minimum atomic E-state index is -0.821. The van der Waals surface area contributed by atoms with E-state index < -0.39 is 5.54 Å². The average Bonchev–Trinajstić information content (AvgIpc) is 3.15. The van der Waals surface area contributed by atoms with Crippen molar-refractivity contribution < 1.29 is 4.79 Å². The summed E-state index contributed by atoms with van der Waals surface area (Å²) in [4.78, 5) is 30.3. The number of nitrogens with one attached hydrogen (secondary N) is 1. The largest absolute Gasteiger partial charge is 0.354 e. The van der Waals surface area contributed by atoms with E-state index in [2.05, 4.69) is 37.0 Å². The Kier molecular flexibility index (Phi) is 5.99. The number of benzene rings is 1. The highest BCUT2D eigenvalue weighted by molar-refractivity contribution is 5.92. The van der Waals surface area contributed by atoms with Crippen molar-refractivity contribution in [3.8, 4) is 11.3 Å². The zero-order valence-electron chi connectivity index (χ0n) is 20.7.